The molecule has 5 aromatic heterocycles. The molecule has 0 aliphatic rings. The molecule has 0 bridgehead atoms. The van der Waals surface area contributed by atoms with Gasteiger partial charge in [0.1, 0.15) is 0 Å². The molecule has 7 heteroatoms. The summed E-state index contributed by atoms with van der Waals surface area (Å²) in [6.45, 7) is 6.75. The average Bonchev–Trinajstić information content (AvgIpc) is 3.68. The monoisotopic (exact) mass is 711 g/mol. The number of nitrogens with zero attached hydrogens (tertiary/aromatic N) is 5. The second-order valence-electron chi connectivity index (χ2n) is 13.2. The number of hydrogen-bond acceptors (Lipinski definition) is 4. The van der Waals surface area contributed by atoms with Gasteiger partial charge in [0.25, 0.3) is 0 Å². The van der Waals surface area contributed by atoms with Gasteiger partial charge in [0.05, 0.1) is 44.4 Å². The van der Waals surface area contributed by atoms with E-state index in [0.29, 0.717) is 11.5 Å². The van der Waals surface area contributed by atoms with E-state index in [9.17, 15) is 0 Å². The third kappa shape index (κ3) is 4.11. The molecule has 0 amide bonds. The molecule has 0 aliphatic heterocycles. The molecule has 0 fully saturated rings. The van der Waals surface area contributed by atoms with Crippen LogP contribution < -0.4 is 4.74 Å². The van der Waals surface area contributed by atoms with Crippen LogP contribution in [0.5, 0.6) is 11.5 Å². The number of pyridine rings is 3. The zero-order valence-electron chi connectivity index (χ0n) is 26.4. The number of fused-ring (bicyclic) bond motifs is 16. The van der Waals surface area contributed by atoms with Crippen molar-refractivity contribution < 1.29 is 25.2 Å². The fourth-order valence-corrected chi connectivity index (χ4v) is 7.03. The second-order valence-corrected chi connectivity index (χ2v) is 13.2. The Morgan fingerprint density at radius 3 is 1.81 bits per heavy atom. The summed E-state index contributed by atoms with van der Waals surface area (Å²) in [5.74, 6) is 1.17. The van der Waals surface area contributed by atoms with E-state index in [0.717, 1.165) is 76.8 Å². The summed E-state index contributed by atoms with van der Waals surface area (Å²) in [6, 6.07) is 42.5. The Kier molecular flexibility index (Phi) is 6.20. The van der Waals surface area contributed by atoms with Crippen molar-refractivity contribution in [3.8, 4) is 11.5 Å². The Bertz CT molecular complexity index is 2930. The first kappa shape index (κ1) is 28.8. The Labute approximate surface area is 289 Å². The van der Waals surface area contributed by atoms with Gasteiger partial charge in [0.15, 0.2) is 0 Å². The van der Waals surface area contributed by atoms with Crippen LogP contribution in [-0.2, 0) is 25.8 Å². The topological polar surface area (TPSA) is 56.7 Å². The SMILES string of the molecule is CC(C)(C)c1ccc2c3ccc(Oc4[c-]c5c(cc4)c4ncccc4n4c6ccccc6nc54)[c-]c3c3nc4ccccc4n3c2c1.[Pd+2]. The van der Waals surface area contributed by atoms with Gasteiger partial charge in [-0.15, -0.1) is 12.1 Å². The van der Waals surface area contributed by atoms with E-state index in [1.165, 1.54) is 5.56 Å². The van der Waals surface area contributed by atoms with Crippen LogP contribution in [-0.4, -0.2) is 23.8 Å². The van der Waals surface area contributed by atoms with E-state index in [1.54, 1.807) is 0 Å². The molecule has 48 heavy (non-hydrogen) atoms. The molecular weight excluding hydrogens is 685 g/mol. The van der Waals surface area contributed by atoms with Crippen LogP contribution >= 0.6 is 0 Å². The van der Waals surface area contributed by atoms with Crippen LogP contribution in [0.1, 0.15) is 26.3 Å². The molecular formula is C41H27N5OPd. The van der Waals surface area contributed by atoms with E-state index in [4.69, 9.17) is 19.7 Å². The Balaban J connectivity index is 0.00000314. The molecule has 0 aliphatic carbocycles. The van der Waals surface area contributed by atoms with Gasteiger partial charge in [-0.2, -0.15) is 0 Å². The molecule has 5 aromatic carbocycles. The van der Waals surface area contributed by atoms with E-state index in [2.05, 4.69) is 102 Å². The molecule has 10 aromatic rings. The molecule has 0 saturated carbocycles. The quantitative estimate of drug-likeness (QED) is 0.102. The molecule has 0 spiro atoms. The van der Waals surface area contributed by atoms with E-state index in [-0.39, 0.29) is 25.8 Å². The summed E-state index contributed by atoms with van der Waals surface area (Å²) in [4.78, 5) is 14.9. The molecule has 0 atom stereocenters. The standard InChI is InChI=1S/C41H27N5O.Pd/c1-41(2,3)24-14-17-28-27-18-15-25(22-30(27)39-43-33-10-5-7-12-35(33)46(39)37(28)21-24)47-26-16-19-29-31(23-26)40-44-32-9-4-6-11-34(32)45(40)36-13-8-20-42-38(29)36;/h4-21H,1-3H3;/q-2;+2. The smallest absolute Gasteiger partial charge is 0.497 e. The Morgan fingerprint density at radius 1 is 0.583 bits per heavy atom. The summed E-state index contributed by atoms with van der Waals surface area (Å²) in [6.07, 6.45) is 1.83. The molecule has 0 radical (unpaired) electrons. The second kappa shape index (κ2) is 10.3. The predicted molar refractivity (Wildman–Crippen MR) is 190 cm³/mol. The molecule has 5 heterocycles. The molecule has 6 nitrogen and oxygen atoms in total. The minimum atomic E-state index is 0. The number of para-hydroxylation sites is 4. The summed E-state index contributed by atoms with van der Waals surface area (Å²) >= 11 is 0. The van der Waals surface area contributed by atoms with Crippen molar-refractivity contribution >= 4 is 76.8 Å². The van der Waals surface area contributed by atoms with Gasteiger partial charge in [-0.25, -0.2) is 0 Å². The molecule has 10 rings (SSSR count). The zero-order valence-corrected chi connectivity index (χ0v) is 27.9. The predicted octanol–water partition coefficient (Wildman–Crippen LogP) is 9.98. The summed E-state index contributed by atoms with van der Waals surface area (Å²) in [5.41, 5.74) is 9.98. The van der Waals surface area contributed by atoms with Crippen molar-refractivity contribution in [2.75, 3.05) is 0 Å². The maximum absolute atomic E-state index is 6.52. The third-order valence-electron chi connectivity index (χ3n) is 9.30. The number of aromatic nitrogens is 5. The first-order valence-corrected chi connectivity index (χ1v) is 15.8. The molecule has 232 valence electrons. The zero-order chi connectivity index (χ0) is 31.4. The van der Waals surface area contributed by atoms with Gasteiger partial charge in [0.2, 0.25) is 0 Å². The average molecular weight is 712 g/mol. The first-order valence-electron chi connectivity index (χ1n) is 15.8. The number of benzene rings is 5. The fourth-order valence-electron chi connectivity index (χ4n) is 7.03. The van der Waals surface area contributed by atoms with E-state index in [1.807, 2.05) is 48.7 Å². The summed E-state index contributed by atoms with van der Waals surface area (Å²) in [5, 5.41) is 4.98. The molecule has 0 N–H and O–H groups in total. The van der Waals surface area contributed by atoms with Crippen LogP contribution in [0.3, 0.4) is 0 Å². The van der Waals surface area contributed by atoms with Crippen molar-refractivity contribution in [3.05, 3.63) is 127 Å². The minimum absolute atomic E-state index is 0. The number of ether oxygens (including phenoxy) is 1. The van der Waals surface area contributed by atoms with Crippen molar-refractivity contribution in [2.45, 2.75) is 26.2 Å². The van der Waals surface area contributed by atoms with Crippen molar-refractivity contribution in [1.29, 1.82) is 0 Å². The molecule has 0 saturated heterocycles. The van der Waals surface area contributed by atoms with Crippen molar-refractivity contribution in [2.24, 2.45) is 0 Å². The van der Waals surface area contributed by atoms with Crippen LogP contribution in [0.15, 0.2) is 109 Å². The fraction of sp³-hybridized carbons (Fsp3) is 0.0976. The normalized spacial score (nSPS) is 12.3. The largest absolute Gasteiger partial charge is 2.00 e. The Morgan fingerprint density at radius 2 is 1.15 bits per heavy atom. The molecule has 0 unspecified atom stereocenters. The van der Waals surface area contributed by atoms with Crippen molar-refractivity contribution in [3.63, 3.8) is 0 Å². The number of hydrogen-bond donors (Lipinski definition) is 0. The Hall–Kier alpha value is -5.35. The maximum Gasteiger partial charge on any atom is 2.00 e. The van der Waals surface area contributed by atoms with Crippen LogP contribution in [0.25, 0.3) is 76.8 Å². The van der Waals surface area contributed by atoms with Gasteiger partial charge >= 0.3 is 20.4 Å². The van der Waals surface area contributed by atoms with Gasteiger partial charge in [0, 0.05) is 23.2 Å². The summed E-state index contributed by atoms with van der Waals surface area (Å²) in [7, 11) is 0. The summed E-state index contributed by atoms with van der Waals surface area (Å²) < 4.78 is 11.0. The van der Waals surface area contributed by atoms with E-state index < -0.39 is 0 Å². The first-order chi connectivity index (χ1) is 22.9. The third-order valence-corrected chi connectivity index (χ3v) is 9.30. The van der Waals surface area contributed by atoms with Crippen molar-refractivity contribution in [1.82, 2.24) is 23.8 Å². The van der Waals surface area contributed by atoms with Crippen LogP contribution in [0.2, 0.25) is 0 Å². The number of rotatable bonds is 2. The van der Waals surface area contributed by atoms with Gasteiger partial charge in [-0.05, 0) is 58.8 Å². The van der Waals surface area contributed by atoms with Gasteiger partial charge in [-0.1, -0.05) is 103 Å². The van der Waals surface area contributed by atoms with Crippen LogP contribution in [0.4, 0.5) is 0 Å². The number of imidazole rings is 2. The van der Waals surface area contributed by atoms with E-state index >= 15 is 0 Å². The van der Waals surface area contributed by atoms with Crippen LogP contribution in [0, 0.1) is 12.1 Å². The minimum Gasteiger partial charge on any atom is -0.497 e. The van der Waals surface area contributed by atoms with Gasteiger partial charge in [-0.3, -0.25) is 15.0 Å². The maximum atomic E-state index is 6.52. The van der Waals surface area contributed by atoms with Gasteiger partial charge < -0.3 is 13.5 Å².